The van der Waals surface area contributed by atoms with Gasteiger partial charge in [0.2, 0.25) is 0 Å². The molecule has 1 N–H and O–H groups in total. The van der Waals surface area contributed by atoms with Gasteiger partial charge in [-0.3, -0.25) is 0 Å². The molecule has 2 nitrogen and oxygen atoms in total. The lowest BCUT2D eigenvalue weighted by Gasteiger charge is -1.90. The Balaban J connectivity index is -0.000000120. The van der Waals surface area contributed by atoms with E-state index in [1.165, 1.54) is 6.42 Å². The summed E-state index contributed by atoms with van der Waals surface area (Å²) >= 11 is 0. The molecule has 0 bridgehead atoms. The van der Waals surface area contributed by atoms with Gasteiger partial charge in [0.25, 0.3) is 0 Å². The number of hydrogen-bond donors (Lipinski definition) is 1. The molecule has 0 aromatic carbocycles. The smallest absolute Gasteiger partial charge is 0.0437 e. The minimum Gasteiger partial charge on any atom is -0.397 e. The highest BCUT2D eigenvalue weighted by atomic mass is 16.5. The lowest BCUT2D eigenvalue weighted by Crippen LogP contribution is -1.84. The fraction of sp³-hybridized carbons (Fsp3) is 1.00. The molecule has 13 heavy (non-hydrogen) atoms. The van der Waals surface area contributed by atoms with Crippen LogP contribution in [0.2, 0.25) is 0 Å². The molecule has 0 saturated heterocycles. The van der Waals surface area contributed by atoms with E-state index in [1.54, 1.807) is 6.92 Å². The van der Waals surface area contributed by atoms with E-state index in [-0.39, 0.29) is 6.61 Å². The average molecular weight is 192 g/mol. The largest absolute Gasteiger partial charge is 0.397 e. The molecule has 0 aromatic rings. The van der Waals surface area contributed by atoms with Crippen LogP contribution in [0.15, 0.2) is 0 Å². The third-order valence-corrected chi connectivity index (χ3v) is 1.22. The Labute approximate surface area is 84.3 Å². The summed E-state index contributed by atoms with van der Waals surface area (Å²) in [5.74, 6) is 0.884. The molecule has 0 unspecified atom stereocenters. The van der Waals surface area contributed by atoms with E-state index < -0.39 is 0 Å². The van der Waals surface area contributed by atoms with E-state index in [2.05, 4.69) is 20.8 Å². The molecule has 0 aliphatic heterocycles. The van der Waals surface area contributed by atoms with Crippen LogP contribution in [-0.4, -0.2) is 24.9 Å². The van der Waals surface area contributed by atoms with Crippen molar-refractivity contribution in [1.29, 1.82) is 0 Å². The van der Waals surface area contributed by atoms with Crippen molar-refractivity contribution in [2.24, 2.45) is 5.92 Å². The zero-order chi connectivity index (χ0) is 11.1. The van der Waals surface area contributed by atoms with E-state index in [0.717, 1.165) is 19.1 Å². The summed E-state index contributed by atoms with van der Waals surface area (Å²) in [6.45, 7) is 14.2. The van der Waals surface area contributed by atoms with Crippen LogP contribution in [0.5, 0.6) is 0 Å². The van der Waals surface area contributed by atoms with E-state index >= 15 is 0 Å². The minimum absolute atomic E-state index is 0.250. The van der Waals surface area contributed by atoms with Gasteiger partial charge in [-0.2, -0.15) is 0 Å². The van der Waals surface area contributed by atoms with E-state index in [4.69, 9.17) is 9.84 Å². The first-order valence-electron chi connectivity index (χ1n) is 5.28. The number of aliphatic hydroxyl groups excluding tert-OH is 1. The van der Waals surface area contributed by atoms with Crippen LogP contribution in [0.25, 0.3) is 0 Å². The molecule has 0 aliphatic rings. The van der Waals surface area contributed by atoms with Crippen molar-refractivity contribution in [2.45, 2.75) is 48.0 Å². The average Bonchev–Trinajstić information content (AvgIpc) is 2.08. The minimum atomic E-state index is 0.250. The van der Waals surface area contributed by atoms with E-state index in [0.29, 0.717) is 0 Å². The van der Waals surface area contributed by atoms with Crippen LogP contribution in [0.3, 0.4) is 0 Å². The highest BCUT2D eigenvalue weighted by Crippen LogP contribution is 1.93. The van der Waals surface area contributed by atoms with Gasteiger partial charge in [0.05, 0.1) is 0 Å². The number of rotatable bonds is 3. The number of aliphatic hydroxyl groups is 1. The van der Waals surface area contributed by atoms with Crippen molar-refractivity contribution in [3.8, 4) is 0 Å². The molecule has 0 heterocycles. The highest BCUT2D eigenvalue weighted by Gasteiger charge is 1.80. The van der Waals surface area contributed by atoms with Gasteiger partial charge in [-0.1, -0.05) is 27.2 Å². The number of ether oxygens (including phenoxy) is 1. The van der Waals surface area contributed by atoms with Gasteiger partial charge >= 0.3 is 0 Å². The van der Waals surface area contributed by atoms with Gasteiger partial charge in [-0.25, -0.2) is 0 Å². The highest BCUT2D eigenvalue weighted by molar-refractivity contribution is 4.32. The molecule has 0 atom stereocenters. The van der Waals surface area contributed by atoms with Crippen LogP contribution in [0.4, 0.5) is 0 Å². The Hall–Kier alpha value is -0.0800. The number of hydrogen-bond acceptors (Lipinski definition) is 2. The van der Waals surface area contributed by atoms with Gasteiger partial charge in [0.1, 0.15) is 0 Å². The maximum atomic E-state index is 7.57. The van der Waals surface area contributed by atoms with Gasteiger partial charge < -0.3 is 9.84 Å². The zero-order valence-corrected chi connectivity index (χ0v) is 10.3. The molecule has 0 fully saturated rings. The first-order valence-corrected chi connectivity index (χ1v) is 5.28. The lowest BCUT2D eigenvalue weighted by atomic mass is 10.2. The molecule has 0 saturated carbocycles. The summed E-state index contributed by atoms with van der Waals surface area (Å²) in [7, 11) is 0. The fourth-order valence-electron chi connectivity index (χ4n) is 0.204. The molecule has 0 radical (unpaired) electrons. The summed E-state index contributed by atoms with van der Waals surface area (Å²) in [5, 5.41) is 7.57. The van der Waals surface area contributed by atoms with Crippen LogP contribution in [0, 0.1) is 5.92 Å². The second kappa shape index (κ2) is 22.7. The second-order valence-corrected chi connectivity index (χ2v) is 2.90. The van der Waals surface area contributed by atoms with Gasteiger partial charge in [0.15, 0.2) is 0 Å². The topological polar surface area (TPSA) is 29.5 Å². The van der Waals surface area contributed by atoms with Crippen molar-refractivity contribution >= 4 is 0 Å². The normalized spacial score (nSPS) is 8.31. The predicted octanol–water partition coefficient (Wildman–Crippen LogP) is 3.09. The molecule has 0 spiro atoms. The summed E-state index contributed by atoms with van der Waals surface area (Å²) in [6, 6.07) is 0. The molecule has 84 valence electrons. The fourth-order valence-corrected chi connectivity index (χ4v) is 0.204. The van der Waals surface area contributed by atoms with Crippen LogP contribution >= 0.6 is 0 Å². The SMILES string of the molecule is CCC(C)C.CCO.CCOCC. The molecular weight excluding hydrogens is 164 g/mol. The molecular formula is C11H28O2. The summed E-state index contributed by atoms with van der Waals surface area (Å²) in [4.78, 5) is 0. The van der Waals surface area contributed by atoms with Gasteiger partial charge in [-0.05, 0) is 26.7 Å². The monoisotopic (exact) mass is 192 g/mol. The first-order chi connectivity index (χ1) is 6.10. The third-order valence-electron chi connectivity index (χ3n) is 1.22. The molecule has 0 aliphatic carbocycles. The van der Waals surface area contributed by atoms with Crippen molar-refractivity contribution in [2.75, 3.05) is 19.8 Å². The van der Waals surface area contributed by atoms with Crippen LogP contribution in [0.1, 0.15) is 48.0 Å². The maximum Gasteiger partial charge on any atom is 0.0437 e. The van der Waals surface area contributed by atoms with Crippen molar-refractivity contribution in [3.05, 3.63) is 0 Å². The predicted molar refractivity (Wildman–Crippen MR) is 60.1 cm³/mol. The Morgan fingerprint density at radius 1 is 1.00 bits per heavy atom. The first kappa shape index (κ1) is 18.7. The Morgan fingerprint density at radius 2 is 1.23 bits per heavy atom. The van der Waals surface area contributed by atoms with Crippen LogP contribution in [-0.2, 0) is 4.74 Å². The van der Waals surface area contributed by atoms with Crippen molar-refractivity contribution in [1.82, 2.24) is 0 Å². The second-order valence-electron chi connectivity index (χ2n) is 2.90. The summed E-state index contributed by atoms with van der Waals surface area (Å²) in [6.07, 6.45) is 1.31. The molecule has 2 heteroatoms. The Bertz CT molecular complexity index is 52.1. The van der Waals surface area contributed by atoms with Gasteiger partial charge in [-0.15, -0.1) is 0 Å². The summed E-state index contributed by atoms with van der Waals surface area (Å²) < 4.78 is 4.83. The molecule has 0 rings (SSSR count). The Morgan fingerprint density at radius 3 is 1.23 bits per heavy atom. The van der Waals surface area contributed by atoms with Gasteiger partial charge in [0, 0.05) is 19.8 Å². The van der Waals surface area contributed by atoms with E-state index in [9.17, 15) is 0 Å². The standard InChI is InChI=1S/C5H12.C4H10O.C2H6O/c1-4-5(2)3;1-3-5-4-2;1-2-3/h5H,4H2,1-3H3;3-4H2,1-2H3;3H,2H2,1H3. The van der Waals surface area contributed by atoms with E-state index in [1.807, 2.05) is 13.8 Å². The maximum absolute atomic E-state index is 7.57. The zero-order valence-electron chi connectivity index (χ0n) is 10.3. The molecule has 0 amide bonds. The summed E-state index contributed by atoms with van der Waals surface area (Å²) in [5.41, 5.74) is 0. The Kier molecular flexibility index (Phi) is 32.5. The van der Waals surface area contributed by atoms with Crippen LogP contribution < -0.4 is 0 Å². The quantitative estimate of drug-likeness (QED) is 0.744. The third kappa shape index (κ3) is 76.3. The van der Waals surface area contributed by atoms with Crippen molar-refractivity contribution in [3.63, 3.8) is 0 Å². The molecule has 0 aromatic heterocycles. The lowest BCUT2D eigenvalue weighted by molar-refractivity contribution is 0.162. The van der Waals surface area contributed by atoms with Crippen molar-refractivity contribution < 1.29 is 9.84 Å².